The molecule has 1 heterocycles. The number of carbonyl (C=O) groups excluding carboxylic acids is 3. The minimum atomic E-state index is -0.624. The van der Waals surface area contributed by atoms with Gasteiger partial charge in [-0.15, -0.1) is 0 Å². The van der Waals surface area contributed by atoms with Gasteiger partial charge >= 0.3 is 0 Å². The van der Waals surface area contributed by atoms with Crippen molar-refractivity contribution in [2.45, 2.75) is 51.6 Å². The second-order valence-electron chi connectivity index (χ2n) is 5.89. The fraction of sp³-hybridized carbons (Fsp3) is 0.786. The molecule has 0 aromatic carbocycles. The fourth-order valence-electron chi connectivity index (χ4n) is 2.46. The van der Waals surface area contributed by atoms with Gasteiger partial charge in [0, 0.05) is 19.0 Å². The second kappa shape index (κ2) is 7.97. The van der Waals surface area contributed by atoms with Crippen molar-refractivity contribution in [2.75, 3.05) is 13.1 Å². The molecule has 120 valence electrons. The molecular formula is C14H26N4O3. The van der Waals surface area contributed by atoms with Crippen LogP contribution in [0.4, 0.5) is 0 Å². The summed E-state index contributed by atoms with van der Waals surface area (Å²) in [5.74, 6) is -0.921. The van der Waals surface area contributed by atoms with Gasteiger partial charge in [-0.3, -0.25) is 14.4 Å². The third-order valence-electron chi connectivity index (χ3n) is 3.82. The predicted molar refractivity (Wildman–Crippen MR) is 79.0 cm³/mol. The van der Waals surface area contributed by atoms with E-state index in [2.05, 4.69) is 5.32 Å². The first kappa shape index (κ1) is 17.4. The van der Waals surface area contributed by atoms with E-state index in [0.29, 0.717) is 6.54 Å². The van der Waals surface area contributed by atoms with Gasteiger partial charge in [0.05, 0.1) is 12.6 Å². The maximum absolute atomic E-state index is 12.2. The number of amides is 3. The molecule has 0 aromatic heterocycles. The number of hydrogen-bond donors (Lipinski definition) is 3. The SMILES string of the molecule is CC(C)[C@H](N)C(=O)NCC(=O)N1CCCCC1CC(N)=O. The third-order valence-corrected chi connectivity index (χ3v) is 3.82. The first-order chi connectivity index (χ1) is 9.82. The summed E-state index contributed by atoms with van der Waals surface area (Å²) in [7, 11) is 0. The lowest BCUT2D eigenvalue weighted by Gasteiger charge is -2.35. The van der Waals surface area contributed by atoms with E-state index in [-0.39, 0.29) is 36.7 Å². The third kappa shape index (κ3) is 5.34. The number of likely N-dealkylation sites (tertiary alicyclic amines) is 1. The van der Waals surface area contributed by atoms with Crippen LogP contribution in [0.3, 0.4) is 0 Å². The monoisotopic (exact) mass is 298 g/mol. The topological polar surface area (TPSA) is 119 Å². The Kier molecular flexibility index (Phi) is 6.61. The van der Waals surface area contributed by atoms with E-state index in [1.807, 2.05) is 13.8 Å². The summed E-state index contributed by atoms with van der Waals surface area (Å²) >= 11 is 0. The second-order valence-corrected chi connectivity index (χ2v) is 5.89. The molecule has 0 spiro atoms. The molecule has 0 aromatic rings. The van der Waals surface area contributed by atoms with Crippen LogP contribution in [-0.4, -0.2) is 47.8 Å². The van der Waals surface area contributed by atoms with Gasteiger partial charge in [-0.1, -0.05) is 13.8 Å². The molecule has 7 heteroatoms. The Morgan fingerprint density at radius 3 is 2.52 bits per heavy atom. The van der Waals surface area contributed by atoms with Crippen molar-refractivity contribution in [2.24, 2.45) is 17.4 Å². The quantitative estimate of drug-likeness (QED) is 0.603. The zero-order chi connectivity index (χ0) is 16.0. The van der Waals surface area contributed by atoms with E-state index in [1.54, 1.807) is 4.90 Å². The Bertz CT molecular complexity index is 398. The van der Waals surface area contributed by atoms with E-state index in [9.17, 15) is 14.4 Å². The molecule has 0 radical (unpaired) electrons. The molecule has 5 N–H and O–H groups in total. The average molecular weight is 298 g/mol. The van der Waals surface area contributed by atoms with Crippen molar-refractivity contribution in [3.05, 3.63) is 0 Å². The number of rotatable bonds is 6. The molecule has 1 saturated heterocycles. The lowest BCUT2D eigenvalue weighted by molar-refractivity contribution is -0.137. The van der Waals surface area contributed by atoms with Crippen molar-refractivity contribution in [1.82, 2.24) is 10.2 Å². The van der Waals surface area contributed by atoms with Crippen molar-refractivity contribution < 1.29 is 14.4 Å². The van der Waals surface area contributed by atoms with Crippen molar-refractivity contribution in [1.29, 1.82) is 0 Å². The van der Waals surface area contributed by atoms with Crippen LogP contribution in [0.1, 0.15) is 39.5 Å². The molecular weight excluding hydrogens is 272 g/mol. The van der Waals surface area contributed by atoms with E-state index >= 15 is 0 Å². The van der Waals surface area contributed by atoms with Gasteiger partial charge in [0.1, 0.15) is 0 Å². The molecule has 1 unspecified atom stereocenters. The molecule has 1 aliphatic rings. The minimum Gasteiger partial charge on any atom is -0.370 e. The van der Waals surface area contributed by atoms with Crippen LogP contribution in [0.5, 0.6) is 0 Å². The smallest absolute Gasteiger partial charge is 0.242 e. The Hall–Kier alpha value is -1.63. The summed E-state index contributed by atoms with van der Waals surface area (Å²) in [6.45, 7) is 4.20. The number of primary amides is 1. The summed E-state index contributed by atoms with van der Waals surface area (Å²) in [4.78, 5) is 36.7. The standard InChI is InChI=1S/C14H26N4O3/c1-9(2)13(16)14(21)17-8-12(20)18-6-4-3-5-10(18)7-11(15)19/h9-10,13H,3-8,16H2,1-2H3,(H2,15,19)(H,17,21)/t10?,13-/m0/s1. The van der Waals surface area contributed by atoms with Crippen LogP contribution in [0.25, 0.3) is 0 Å². The summed E-state index contributed by atoms with van der Waals surface area (Å²) in [6.07, 6.45) is 2.83. The highest BCUT2D eigenvalue weighted by atomic mass is 16.2. The summed E-state index contributed by atoms with van der Waals surface area (Å²) < 4.78 is 0. The molecule has 2 atom stereocenters. The molecule has 0 aliphatic carbocycles. The van der Waals surface area contributed by atoms with E-state index in [1.165, 1.54) is 0 Å². The van der Waals surface area contributed by atoms with Crippen molar-refractivity contribution in [3.63, 3.8) is 0 Å². The zero-order valence-corrected chi connectivity index (χ0v) is 12.8. The lowest BCUT2D eigenvalue weighted by Crippen LogP contribution is -2.51. The number of nitrogens with one attached hydrogen (secondary N) is 1. The summed E-state index contributed by atoms with van der Waals surface area (Å²) in [5.41, 5.74) is 10.9. The Labute approximate surface area is 125 Å². The van der Waals surface area contributed by atoms with Crippen molar-refractivity contribution >= 4 is 17.7 Å². The number of hydrogen-bond acceptors (Lipinski definition) is 4. The van der Waals surface area contributed by atoms with Gasteiger partial charge in [-0.25, -0.2) is 0 Å². The van der Waals surface area contributed by atoms with Crippen LogP contribution in [0.2, 0.25) is 0 Å². The first-order valence-electron chi connectivity index (χ1n) is 7.44. The van der Waals surface area contributed by atoms with Crippen LogP contribution in [0.15, 0.2) is 0 Å². The highest BCUT2D eigenvalue weighted by molar-refractivity contribution is 5.88. The minimum absolute atomic E-state index is 0.0118. The number of carbonyl (C=O) groups is 3. The Morgan fingerprint density at radius 1 is 1.29 bits per heavy atom. The largest absolute Gasteiger partial charge is 0.370 e. The van der Waals surface area contributed by atoms with Crippen LogP contribution in [-0.2, 0) is 14.4 Å². The highest BCUT2D eigenvalue weighted by Gasteiger charge is 2.28. The molecule has 0 bridgehead atoms. The van der Waals surface area contributed by atoms with Gasteiger partial charge < -0.3 is 21.7 Å². The van der Waals surface area contributed by atoms with E-state index in [0.717, 1.165) is 19.3 Å². The van der Waals surface area contributed by atoms with Crippen LogP contribution < -0.4 is 16.8 Å². The maximum atomic E-state index is 12.2. The van der Waals surface area contributed by atoms with E-state index in [4.69, 9.17) is 11.5 Å². The lowest BCUT2D eigenvalue weighted by atomic mass is 9.99. The molecule has 21 heavy (non-hydrogen) atoms. The normalized spacial score (nSPS) is 20.2. The van der Waals surface area contributed by atoms with Gasteiger partial charge in [0.25, 0.3) is 0 Å². The average Bonchev–Trinajstić information content (AvgIpc) is 2.43. The van der Waals surface area contributed by atoms with Crippen molar-refractivity contribution in [3.8, 4) is 0 Å². The van der Waals surface area contributed by atoms with Gasteiger partial charge in [0.2, 0.25) is 17.7 Å². The number of nitrogens with zero attached hydrogens (tertiary/aromatic N) is 1. The summed E-state index contributed by atoms with van der Waals surface area (Å²) in [5, 5.41) is 2.56. The number of nitrogens with two attached hydrogens (primary N) is 2. The highest BCUT2D eigenvalue weighted by Crippen LogP contribution is 2.19. The van der Waals surface area contributed by atoms with Gasteiger partial charge in [0.15, 0.2) is 0 Å². The van der Waals surface area contributed by atoms with Crippen LogP contribution in [0, 0.1) is 5.92 Å². The molecule has 7 nitrogen and oxygen atoms in total. The summed E-state index contributed by atoms with van der Waals surface area (Å²) in [6, 6.07) is -0.778. The molecule has 1 aliphatic heterocycles. The fourth-order valence-corrected chi connectivity index (χ4v) is 2.46. The van der Waals surface area contributed by atoms with Gasteiger partial charge in [-0.2, -0.15) is 0 Å². The molecule has 1 rings (SSSR count). The molecule has 0 saturated carbocycles. The van der Waals surface area contributed by atoms with E-state index < -0.39 is 11.9 Å². The zero-order valence-electron chi connectivity index (χ0n) is 12.8. The first-order valence-corrected chi connectivity index (χ1v) is 7.44. The Balaban J connectivity index is 2.52. The molecule has 1 fully saturated rings. The molecule has 3 amide bonds. The number of piperidine rings is 1. The maximum Gasteiger partial charge on any atom is 0.242 e. The van der Waals surface area contributed by atoms with Crippen LogP contribution >= 0.6 is 0 Å². The predicted octanol–water partition coefficient (Wildman–Crippen LogP) is -0.658. The Morgan fingerprint density at radius 2 is 1.95 bits per heavy atom. The van der Waals surface area contributed by atoms with Gasteiger partial charge in [-0.05, 0) is 25.2 Å².